The van der Waals surface area contributed by atoms with E-state index in [-0.39, 0.29) is 12.4 Å². The first-order valence-electron chi connectivity index (χ1n) is 10.4. The predicted octanol–water partition coefficient (Wildman–Crippen LogP) is 1.92. The fourth-order valence-corrected chi connectivity index (χ4v) is 4.44. The molecule has 0 spiro atoms. The highest BCUT2D eigenvalue weighted by Crippen LogP contribution is 2.29. The number of rotatable bonds is 2. The van der Waals surface area contributed by atoms with Crippen molar-refractivity contribution in [3.8, 4) is 5.75 Å². The average molecular weight is 405 g/mol. The van der Waals surface area contributed by atoms with Crippen LogP contribution in [0.5, 0.6) is 5.75 Å². The van der Waals surface area contributed by atoms with Crippen molar-refractivity contribution >= 4 is 29.2 Å². The van der Waals surface area contributed by atoms with Gasteiger partial charge >= 0.3 is 17.8 Å². The standard InChI is InChI=1S/C23H23N3O4/c27-21-13-17-4-6-18(14-20(17)30-21)24-22(28)23(29)26-10-8-25(9-11-26)19-7-5-15-2-1-3-16(15)12-19/h4-7,12,14H,1-3,8-11,13H2,(H,24,28). The van der Waals surface area contributed by atoms with Crippen LogP contribution in [0.25, 0.3) is 0 Å². The lowest BCUT2D eigenvalue weighted by Gasteiger charge is -2.36. The maximum Gasteiger partial charge on any atom is 0.315 e. The number of aryl methyl sites for hydroxylation is 2. The summed E-state index contributed by atoms with van der Waals surface area (Å²) in [5.41, 5.74) is 5.31. The summed E-state index contributed by atoms with van der Waals surface area (Å²) in [5.74, 6) is -1.09. The summed E-state index contributed by atoms with van der Waals surface area (Å²) in [6.45, 7) is 2.41. The molecule has 0 unspecified atom stereocenters. The lowest BCUT2D eigenvalue weighted by Crippen LogP contribution is -2.51. The molecule has 7 nitrogen and oxygen atoms in total. The third kappa shape index (κ3) is 3.51. The molecule has 1 aliphatic carbocycles. The average Bonchev–Trinajstić information content (AvgIpc) is 3.37. The Labute approximate surface area is 174 Å². The molecule has 0 saturated carbocycles. The van der Waals surface area contributed by atoms with E-state index in [1.165, 1.54) is 29.7 Å². The SMILES string of the molecule is O=C1Cc2ccc(NC(=O)C(=O)N3CCN(c4ccc5c(c4)CCC5)CC3)cc2O1. The van der Waals surface area contributed by atoms with Gasteiger partial charge < -0.3 is 19.9 Å². The largest absolute Gasteiger partial charge is 0.426 e. The van der Waals surface area contributed by atoms with E-state index in [0.717, 1.165) is 12.0 Å². The van der Waals surface area contributed by atoms with Gasteiger partial charge in [-0.25, -0.2) is 0 Å². The third-order valence-electron chi connectivity index (χ3n) is 6.09. The van der Waals surface area contributed by atoms with Crippen LogP contribution >= 0.6 is 0 Å². The molecule has 2 heterocycles. The van der Waals surface area contributed by atoms with E-state index in [1.54, 1.807) is 23.1 Å². The fraction of sp³-hybridized carbons (Fsp3) is 0.348. The summed E-state index contributed by atoms with van der Waals surface area (Å²) in [6.07, 6.45) is 3.77. The van der Waals surface area contributed by atoms with Crippen LogP contribution in [0.4, 0.5) is 11.4 Å². The normalized spacial score (nSPS) is 17.4. The van der Waals surface area contributed by atoms with E-state index in [0.29, 0.717) is 37.6 Å². The molecule has 0 radical (unpaired) electrons. The van der Waals surface area contributed by atoms with Crippen LogP contribution < -0.4 is 15.0 Å². The van der Waals surface area contributed by atoms with Crippen LogP contribution in [0.1, 0.15) is 23.1 Å². The molecule has 154 valence electrons. The van der Waals surface area contributed by atoms with Gasteiger partial charge in [0.15, 0.2) is 0 Å². The van der Waals surface area contributed by atoms with Gasteiger partial charge in [0.25, 0.3) is 0 Å². The summed E-state index contributed by atoms with van der Waals surface area (Å²) < 4.78 is 5.10. The molecule has 0 aromatic heterocycles. The Kier molecular flexibility index (Phi) is 4.65. The molecule has 30 heavy (non-hydrogen) atoms. The summed E-state index contributed by atoms with van der Waals surface area (Å²) >= 11 is 0. The van der Waals surface area contributed by atoms with Crippen molar-refractivity contribution in [1.82, 2.24) is 4.90 Å². The Bertz CT molecular complexity index is 1040. The quantitative estimate of drug-likeness (QED) is 0.469. The Morgan fingerprint density at radius 1 is 0.900 bits per heavy atom. The van der Waals surface area contributed by atoms with Crippen molar-refractivity contribution in [2.75, 3.05) is 36.4 Å². The van der Waals surface area contributed by atoms with E-state index in [4.69, 9.17) is 4.74 Å². The number of carbonyl (C=O) groups excluding carboxylic acids is 3. The third-order valence-corrected chi connectivity index (χ3v) is 6.09. The van der Waals surface area contributed by atoms with E-state index in [9.17, 15) is 14.4 Å². The van der Waals surface area contributed by atoms with Gasteiger partial charge in [-0.15, -0.1) is 0 Å². The smallest absolute Gasteiger partial charge is 0.315 e. The maximum absolute atomic E-state index is 12.6. The summed E-state index contributed by atoms with van der Waals surface area (Å²) in [7, 11) is 0. The van der Waals surface area contributed by atoms with Gasteiger partial charge in [0.1, 0.15) is 5.75 Å². The summed E-state index contributed by atoms with van der Waals surface area (Å²) in [5, 5.41) is 2.62. The van der Waals surface area contributed by atoms with E-state index in [1.807, 2.05) is 0 Å². The zero-order valence-corrected chi connectivity index (χ0v) is 16.6. The highest BCUT2D eigenvalue weighted by atomic mass is 16.5. The summed E-state index contributed by atoms with van der Waals surface area (Å²) in [6, 6.07) is 11.6. The molecule has 5 rings (SSSR count). The molecule has 1 N–H and O–H groups in total. The van der Waals surface area contributed by atoms with Gasteiger partial charge in [-0.2, -0.15) is 0 Å². The Morgan fingerprint density at radius 3 is 2.50 bits per heavy atom. The van der Waals surface area contributed by atoms with Gasteiger partial charge in [0.2, 0.25) is 0 Å². The highest BCUT2D eigenvalue weighted by molar-refractivity contribution is 6.39. The number of nitrogens with one attached hydrogen (secondary N) is 1. The first-order chi connectivity index (χ1) is 14.6. The Hall–Kier alpha value is -3.35. The van der Waals surface area contributed by atoms with Crippen molar-refractivity contribution in [1.29, 1.82) is 0 Å². The highest BCUT2D eigenvalue weighted by Gasteiger charge is 2.27. The van der Waals surface area contributed by atoms with Gasteiger partial charge in [0.05, 0.1) is 6.42 Å². The first kappa shape index (κ1) is 18.7. The van der Waals surface area contributed by atoms with Crippen LogP contribution in [-0.4, -0.2) is 48.9 Å². The number of piperazine rings is 1. The first-order valence-corrected chi connectivity index (χ1v) is 10.4. The molecule has 3 aliphatic rings. The van der Waals surface area contributed by atoms with Crippen LogP contribution in [0.15, 0.2) is 36.4 Å². The Balaban J connectivity index is 1.18. The fourth-order valence-electron chi connectivity index (χ4n) is 4.44. The van der Waals surface area contributed by atoms with E-state index >= 15 is 0 Å². The maximum atomic E-state index is 12.6. The number of fused-ring (bicyclic) bond motifs is 2. The van der Waals surface area contributed by atoms with Gasteiger partial charge in [-0.05, 0) is 48.6 Å². The molecule has 1 saturated heterocycles. The number of anilines is 2. The number of amides is 2. The van der Waals surface area contributed by atoms with Crippen molar-refractivity contribution < 1.29 is 19.1 Å². The van der Waals surface area contributed by atoms with Crippen LogP contribution in [0, 0.1) is 0 Å². The zero-order chi connectivity index (χ0) is 20.7. The van der Waals surface area contributed by atoms with Crippen molar-refractivity contribution in [2.45, 2.75) is 25.7 Å². The molecule has 1 fully saturated rings. The molecule has 2 aliphatic heterocycles. The number of nitrogens with zero attached hydrogens (tertiary/aromatic N) is 2. The van der Waals surface area contributed by atoms with E-state index < -0.39 is 11.8 Å². The molecular formula is C23H23N3O4. The van der Waals surface area contributed by atoms with Gasteiger partial charge in [-0.3, -0.25) is 14.4 Å². The Morgan fingerprint density at radius 2 is 1.67 bits per heavy atom. The van der Waals surface area contributed by atoms with Crippen molar-refractivity contribution in [3.05, 3.63) is 53.1 Å². The molecule has 2 aromatic carbocycles. The molecule has 7 heteroatoms. The topological polar surface area (TPSA) is 79.0 Å². The molecule has 0 atom stereocenters. The number of hydrogen-bond acceptors (Lipinski definition) is 5. The minimum atomic E-state index is -0.676. The van der Waals surface area contributed by atoms with Crippen molar-refractivity contribution in [2.24, 2.45) is 0 Å². The number of carbonyl (C=O) groups is 3. The minimum Gasteiger partial charge on any atom is -0.426 e. The number of hydrogen-bond donors (Lipinski definition) is 1. The molecular weight excluding hydrogens is 382 g/mol. The number of benzene rings is 2. The second-order valence-electron chi connectivity index (χ2n) is 8.01. The second-order valence-corrected chi connectivity index (χ2v) is 8.01. The number of ether oxygens (including phenoxy) is 1. The lowest BCUT2D eigenvalue weighted by molar-refractivity contribution is -0.143. The molecule has 2 aromatic rings. The van der Waals surface area contributed by atoms with Crippen LogP contribution in [0.2, 0.25) is 0 Å². The van der Waals surface area contributed by atoms with Gasteiger partial charge in [-0.1, -0.05) is 12.1 Å². The van der Waals surface area contributed by atoms with Gasteiger partial charge in [0, 0.05) is 49.2 Å². The van der Waals surface area contributed by atoms with Crippen LogP contribution in [-0.2, 0) is 33.6 Å². The van der Waals surface area contributed by atoms with Crippen molar-refractivity contribution in [3.63, 3.8) is 0 Å². The summed E-state index contributed by atoms with van der Waals surface area (Å²) in [4.78, 5) is 40.2. The predicted molar refractivity (Wildman–Crippen MR) is 112 cm³/mol. The van der Waals surface area contributed by atoms with Crippen LogP contribution in [0.3, 0.4) is 0 Å². The minimum absolute atomic E-state index is 0.233. The lowest BCUT2D eigenvalue weighted by atomic mass is 10.1. The molecule has 2 amide bonds. The van der Waals surface area contributed by atoms with E-state index in [2.05, 4.69) is 28.4 Å². The molecule has 0 bridgehead atoms. The zero-order valence-electron chi connectivity index (χ0n) is 16.6. The monoisotopic (exact) mass is 405 g/mol. The number of esters is 1. The second kappa shape index (κ2) is 7.48.